The molecule has 0 saturated heterocycles. The van der Waals surface area contributed by atoms with Gasteiger partial charge in [0.25, 0.3) is 0 Å². The van der Waals surface area contributed by atoms with Crippen molar-refractivity contribution in [2.75, 3.05) is 0 Å². The van der Waals surface area contributed by atoms with Crippen LogP contribution in [0.25, 0.3) is 0 Å². The number of nitrogens with zero attached hydrogens (tertiary/aromatic N) is 1. The summed E-state index contributed by atoms with van der Waals surface area (Å²) in [5.74, 6) is -0.269. The van der Waals surface area contributed by atoms with E-state index in [1.165, 1.54) is 0 Å². The molecule has 1 aliphatic rings. The fourth-order valence-electron chi connectivity index (χ4n) is 4.85. The van der Waals surface area contributed by atoms with Crippen LogP contribution in [0.3, 0.4) is 0 Å². The summed E-state index contributed by atoms with van der Waals surface area (Å²) in [7, 11) is 0. The zero-order chi connectivity index (χ0) is 25.5. The third-order valence-electron chi connectivity index (χ3n) is 6.97. The number of amides is 2. The summed E-state index contributed by atoms with van der Waals surface area (Å²) in [6.45, 7) is 2.14. The number of benzene rings is 3. The van der Waals surface area contributed by atoms with Crippen LogP contribution < -0.4 is 5.32 Å². The minimum Gasteiger partial charge on any atom is -0.352 e. The highest BCUT2D eigenvalue weighted by molar-refractivity contribution is 6.36. The second kappa shape index (κ2) is 12.4. The second-order valence-electron chi connectivity index (χ2n) is 9.52. The second-order valence-corrected chi connectivity index (χ2v) is 10.3. The number of carbonyl (C=O) groups is 2. The Morgan fingerprint density at radius 3 is 2.22 bits per heavy atom. The lowest BCUT2D eigenvalue weighted by Crippen LogP contribution is -2.52. The van der Waals surface area contributed by atoms with E-state index < -0.39 is 6.04 Å². The zero-order valence-electron chi connectivity index (χ0n) is 20.6. The number of carbonyl (C=O) groups excluding carboxylic acids is 2. The van der Waals surface area contributed by atoms with Crippen molar-refractivity contribution < 1.29 is 9.59 Å². The van der Waals surface area contributed by atoms with Crippen LogP contribution in [0.1, 0.15) is 47.9 Å². The summed E-state index contributed by atoms with van der Waals surface area (Å²) in [6, 6.07) is 22.4. The molecule has 188 valence electrons. The SMILES string of the molecule is Cc1ccccc1CC(=O)N(Cc1c(Cl)cccc1Cl)C(Cc1ccccc1)C(=O)NC1CCCC1. The molecule has 1 atom stereocenters. The fraction of sp³-hybridized carbons (Fsp3) is 0.333. The van der Waals surface area contributed by atoms with Crippen molar-refractivity contribution in [1.82, 2.24) is 10.2 Å². The van der Waals surface area contributed by atoms with E-state index in [1.807, 2.05) is 61.5 Å². The number of rotatable bonds is 9. The highest BCUT2D eigenvalue weighted by Crippen LogP contribution is 2.28. The highest BCUT2D eigenvalue weighted by Gasteiger charge is 2.33. The van der Waals surface area contributed by atoms with E-state index in [-0.39, 0.29) is 30.8 Å². The van der Waals surface area contributed by atoms with Gasteiger partial charge in [-0.2, -0.15) is 0 Å². The van der Waals surface area contributed by atoms with Crippen molar-refractivity contribution in [1.29, 1.82) is 0 Å². The predicted molar refractivity (Wildman–Crippen MR) is 146 cm³/mol. The molecule has 0 radical (unpaired) electrons. The maximum absolute atomic E-state index is 13.9. The molecule has 6 heteroatoms. The minimum absolute atomic E-state index is 0.132. The molecule has 3 aromatic rings. The third kappa shape index (κ3) is 6.68. The van der Waals surface area contributed by atoms with Crippen LogP contribution in [0, 0.1) is 6.92 Å². The molecule has 0 bridgehead atoms. The fourth-order valence-corrected chi connectivity index (χ4v) is 5.37. The molecule has 1 saturated carbocycles. The predicted octanol–water partition coefficient (Wildman–Crippen LogP) is 6.54. The Balaban J connectivity index is 1.71. The Hall–Kier alpha value is -2.82. The molecule has 1 fully saturated rings. The minimum atomic E-state index is -0.697. The van der Waals surface area contributed by atoms with E-state index in [2.05, 4.69) is 5.32 Å². The Kier molecular flexibility index (Phi) is 9.06. The average Bonchev–Trinajstić information content (AvgIpc) is 3.38. The molecule has 0 aromatic heterocycles. The molecule has 0 heterocycles. The van der Waals surface area contributed by atoms with Gasteiger partial charge in [-0.3, -0.25) is 9.59 Å². The van der Waals surface area contributed by atoms with Crippen LogP contribution in [0.2, 0.25) is 10.0 Å². The highest BCUT2D eigenvalue weighted by atomic mass is 35.5. The molecule has 36 heavy (non-hydrogen) atoms. The number of hydrogen-bond donors (Lipinski definition) is 1. The molecule has 4 nitrogen and oxygen atoms in total. The molecule has 1 unspecified atom stereocenters. The smallest absolute Gasteiger partial charge is 0.243 e. The van der Waals surface area contributed by atoms with Crippen molar-refractivity contribution >= 4 is 35.0 Å². The Morgan fingerprint density at radius 1 is 0.917 bits per heavy atom. The van der Waals surface area contributed by atoms with Gasteiger partial charge in [0, 0.05) is 34.6 Å². The van der Waals surface area contributed by atoms with Crippen molar-refractivity contribution in [2.24, 2.45) is 0 Å². The first-order chi connectivity index (χ1) is 17.4. The van der Waals surface area contributed by atoms with Crippen LogP contribution in [0.5, 0.6) is 0 Å². The lowest BCUT2D eigenvalue weighted by atomic mass is 10.00. The van der Waals surface area contributed by atoms with E-state index in [9.17, 15) is 9.59 Å². The lowest BCUT2D eigenvalue weighted by molar-refractivity contribution is -0.141. The maximum atomic E-state index is 13.9. The van der Waals surface area contributed by atoms with Crippen LogP contribution in [-0.4, -0.2) is 28.8 Å². The van der Waals surface area contributed by atoms with Gasteiger partial charge in [-0.25, -0.2) is 0 Å². The zero-order valence-corrected chi connectivity index (χ0v) is 22.1. The van der Waals surface area contributed by atoms with Crippen LogP contribution >= 0.6 is 23.2 Å². The van der Waals surface area contributed by atoms with Gasteiger partial charge in [0.15, 0.2) is 0 Å². The first-order valence-corrected chi connectivity index (χ1v) is 13.3. The lowest BCUT2D eigenvalue weighted by Gasteiger charge is -2.33. The Morgan fingerprint density at radius 2 is 1.56 bits per heavy atom. The van der Waals surface area contributed by atoms with Crippen molar-refractivity contribution in [3.8, 4) is 0 Å². The molecule has 1 aliphatic carbocycles. The summed E-state index contributed by atoms with van der Waals surface area (Å²) in [5.41, 5.74) is 3.61. The molecule has 0 aliphatic heterocycles. The topological polar surface area (TPSA) is 49.4 Å². The normalized spacial score (nSPS) is 14.4. The monoisotopic (exact) mass is 522 g/mol. The van der Waals surface area contributed by atoms with Gasteiger partial charge in [0.1, 0.15) is 6.04 Å². The van der Waals surface area contributed by atoms with E-state index in [4.69, 9.17) is 23.2 Å². The van der Waals surface area contributed by atoms with Crippen LogP contribution in [0.15, 0.2) is 72.8 Å². The molecular formula is C30H32Cl2N2O2. The summed E-state index contributed by atoms with van der Waals surface area (Å²) < 4.78 is 0. The molecule has 3 aromatic carbocycles. The third-order valence-corrected chi connectivity index (χ3v) is 7.67. The van der Waals surface area contributed by atoms with Crippen molar-refractivity contribution in [3.05, 3.63) is 105 Å². The summed E-state index contributed by atoms with van der Waals surface area (Å²) in [6.07, 6.45) is 4.76. The number of halogens is 2. The molecular weight excluding hydrogens is 491 g/mol. The van der Waals surface area contributed by atoms with Gasteiger partial charge < -0.3 is 10.2 Å². The summed E-state index contributed by atoms with van der Waals surface area (Å²) in [5, 5.41) is 4.18. The number of hydrogen-bond acceptors (Lipinski definition) is 2. The van der Waals surface area contributed by atoms with Gasteiger partial charge in [0.05, 0.1) is 6.42 Å². The molecule has 2 amide bonds. The van der Waals surface area contributed by atoms with Crippen LogP contribution in [-0.2, 0) is 29.0 Å². The number of nitrogens with one attached hydrogen (secondary N) is 1. The average molecular weight is 524 g/mol. The van der Waals surface area contributed by atoms with E-state index in [0.29, 0.717) is 22.0 Å². The largest absolute Gasteiger partial charge is 0.352 e. The molecule has 0 spiro atoms. The standard InChI is InChI=1S/C30H32Cl2N2O2/c1-21-10-5-6-13-23(21)19-29(35)34(20-25-26(31)16-9-17-27(25)32)28(18-22-11-3-2-4-12-22)30(36)33-24-14-7-8-15-24/h2-6,9-13,16-17,24,28H,7-8,14-15,18-20H2,1H3,(H,33,36). The molecule has 1 N–H and O–H groups in total. The van der Waals surface area contributed by atoms with Gasteiger partial charge in [-0.05, 0) is 48.6 Å². The Labute approximate surface area is 223 Å². The van der Waals surface area contributed by atoms with E-state index in [1.54, 1.807) is 23.1 Å². The first kappa shape index (κ1) is 26.2. The summed E-state index contributed by atoms with van der Waals surface area (Å²) in [4.78, 5) is 29.3. The van der Waals surface area contributed by atoms with E-state index in [0.717, 1.165) is 42.4 Å². The van der Waals surface area contributed by atoms with Crippen LogP contribution in [0.4, 0.5) is 0 Å². The van der Waals surface area contributed by atoms with Gasteiger partial charge in [0.2, 0.25) is 11.8 Å². The van der Waals surface area contributed by atoms with Gasteiger partial charge in [-0.15, -0.1) is 0 Å². The summed E-state index contributed by atoms with van der Waals surface area (Å²) >= 11 is 13.0. The molecule has 4 rings (SSSR count). The van der Waals surface area contributed by atoms with E-state index >= 15 is 0 Å². The van der Waals surface area contributed by atoms with Crippen molar-refractivity contribution in [2.45, 2.75) is 64.1 Å². The van der Waals surface area contributed by atoms with Crippen molar-refractivity contribution in [3.63, 3.8) is 0 Å². The number of aryl methyl sites for hydroxylation is 1. The van der Waals surface area contributed by atoms with Gasteiger partial charge in [-0.1, -0.05) is 96.7 Å². The van der Waals surface area contributed by atoms with Gasteiger partial charge >= 0.3 is 0 Å². The maximum Gasteiger partial charge on any atom is 0.243 e. The first-order valence-electron chi connectivity index (χ1n) is 12.5. The quantitative estimate of drug-likeness (QED) is 0.346. The Bertz CT molecular complexity index is 1170.